The van der Waals surface area contributed by atoms with Gasteiger partial charge in [0.05, 0.1) is 30.4 Å². The fraction of sp³-hybridized carbons (Fsp3) is 0.400. The second-order valence-corrected chi connectivity index (χ2v) is 6.73. The third-order valence-electron chi connectivity index (χ3n) is 4.63. The first kappa shape index (κ1) is 22.5. The zero-order valence-corrected chi connectivity index (χ0v) is 15.5. The predicted molar refractivity (Wildman–Crippen MR) is 94.3 cm³/mol. The summed E-state index contributed by atoms with van der Waals surface area (Å²) in [4.78, 5) is 0. The molecule has 0 aromatic heterocycles. The van der Waals surface area contributed by atoms with Crippen LogP contribution in [-0.2, 0) is 21.8 Å². The second kappa shape index (κ2) is 8.93. The van der Waals surface area contributed by atoms with Crippen molar-refractivity contribution in [2.45, 2.75) is 30.8 Å². The fourth-order valence-electron chi connectivity index (χ4n) is 3.19. The maximum atomic E-state index is 13.1. The molecular formula is C20H19F6NO3. The summed E-state index contributed by atoms with van der Waals surface area (Å²) < 4.78 is 90.1. The van der Waals surface area contributed by atoms with Gasteiger partial charge in [-0.1, -0.05) is 30.3 Å². The van der Waals surface area contributed by atoms with E-state index in [1.165, 1.54) is 0 Å². The maximum absolute atomic E-state index is 13.1. The number of benzene rings is 2. The van der Waals surface area contributed by atoms with Crippen molar-refractivity contribution >= 4 is 0 Å². The quantitative estimate of drug-likeness (QED) is 0.681. The van der Waals surface area contributed by atoms with E-state index in [4.69, 9.17) is 9.47 Å². The third-order valence-corrected chi connectivity index (χ3v) is 4.63. The number of aliphatic hydroxyl groups is 1. The predicted octanol–water partition coefficient (Wildman–Crippen LogP) is 4.46. The Morgan fingerprint density at radius 3 is 2.13 bits per heavy atom. The van der Waals surface area contributed by atoms with Crippen molar-refractivity contribution in [1.29, 1.82) is 0 Å². The lowest BCUT2D eigenvalue weighted by Gasteiger charge is -2.35. The van der Waals surface area contributed by atoms with E-state index in [-0.39, 0.29) is 12.7 Å². The molecule has 2 N–H and O–H groups in total. The number of rotatable bonds is 5. The van der Waals surface area contributed by atoms with Crippen molar-refractivity contribution in [3.8, 4) is 0 Å². The number of ether oxygens (including phenoxy) is 2. The SMILES string of the molecule is OC[C@@H](O[C@H]1OCCN[C@H]1c1ccccc1)c1cc(C(F)(F)F)cc(C(F)(F)F)c1. The third kappa shape index (κ3) is 5.31. The molecule has 2 aromatic carbocycles. The average molecular weight is 435 g/mol. The highest BCUT2D eigenvalue weighted by atomic mass is 19.4. The first-order valence-electron chi connectivity index (χ1n) is 9.05. The molecule has 0 saturated carbocycles. The Kier molecular flexibility index (Phi) is 6.71. The number of nitrogens with one attached hydrogen (secondary N) is 1. The highest BCUT2D eigenvalue weighted by Crippen LogP contribution is 2.38. The Balaban J connectivity index is 1.93. The van der Waals surface area contributed by atoms with Crippen LogP contribution in [0.5, 0.6) is 0 Å². The van der Waals surface area contributed by atoms with E-state index < -0.39 is 54.1 Å². The molecule has 30 heavy (non-hydrogen) atoms. The molecule has 1 fully saturated rings. The van der Waals surface area contributed by atoms with E-state index in [2.05, 4.69) is 5.32 Å². The van der Waals surface area contributed by atoms with Crippen molar-refractivity contribution in [3.63, 3.8) is 0 Å². The van der Waals surface area contributed by atoms with Crippen LogP contribution >= 0.6 is 0 Å². The molecule has 0 spiro atoms. The van der Waals surface area contributed by atoms with Gasteiger partial charge in [0.2, 0.25) is 0 Å². The standard InChI is InChI=1S/C20H19F6NO3/c21-19(22,23)14-8-13(9-15(10-14)20(24,25)26)16(11-28)30-18-17(27-6-7-29-18)12-4-2-1-3-5-12/h1-5,8-10,16-18,27-28H,6-7,11H2/t16-,17+,18-/m1/s1. The van der Waals surface area contributed by atoms with Gasteiger partial charge in [-0.25, -0.2) is 0 Å². The molecule has 2 aromatic rings. The Labute approximate surface area is 168 Å². The molecule has 3 atom stereocenters. The fourth-order valence-corrected chi connectivity index (χ4v) is 3.19. The van der Waals surface area contributed by atoms with E-state index in [0.29, 0.717) is 18.7 Å². The van der Waals surface area contributed by atoms with Gasteiger partial charge in [-0.2, -0.15) is 26.3 Å². The minimum atomic E-state index is -4.99. The van der Waals surface area contributed by atoms with E-state index in [0.717, 1.165) is 5.56 Å². The van der Waals surface area contributed by atoms with Crippen molar-refractivity contribution in [2.75, 3.05) is 19.8 Å². The first-order chi connectivity index (χ1) is 14.1. The highest BCUT2D eigenvalue weighted by molar-refractivity contribution is 5.35. The summed E-state index contributed by atoms with van der Waals surface area (Å²) in [6.07, 6.45) is -12.5. The Morgan fingerprint density at radius 2 is 1.60 bits per heavy atom. The average Bonchev–Trinajstić information content (AvgIpc) is 2.71. The summed E-state index contributed by atoms with van der Waals surface area (Å²) in [5, 5.41) is 12.8. The smallest absolute Gasteiger partial charge is 0.393 e. The topological polar surface area (TPSA) is 50.7 Å². The number of hydrogen-bond acceptors (Lipinski definition) is 4. The summed E-state index contributed by atoms with van der Waals surface area (Å²) in [6.45, 7) is -0.131. The molecule has 1 aliphatic rings. The van der Waals surface area contributed by atoms with Gasteiger partial charge >= 0.3 is 12.4 Å². The van der Waals surface area contributed by atoms with Crippen LogP contribution in [0.25, 0.3) is 0 Å². The Hall–Kier alpha value is -2.14. The van der Waals surface area contributed by atoms with Gasteiger partial charge in [-0.3, -0.25) is 0 Å². The summed E-state index contributed by atoms with van der Waals surface area (Å²) >= 11 is 0. The molecule has 0 amide bonds. The van der Waals surface area contributed by atoms with E-state index in [1.807, 2.05) is 0 Å². The summed E-state index contributed by atoms with van der Waals surface area (Å²) in [7, 11) is 0. The van der Waals surface area contributed by atoms with Gasteiger partial charge in [0.1, 0.15) is 6.10 Å². The molecule has 0 aliphatic carbocycles. The summed E-state index contributed by atoms with van der Waals surface area (Å²) in [5.74, 6) is 0. The number of alkyl halides is 6. The van der Waals surface area contributed by atoms with Gasteiger partial charge in [-0.15, -0.1) is 0 Å². The van der Waals surface area contributed by atoms with Crippen molar-refractivity contribution < 1.29 is 40.9 Å². The molecule has 1 aliphatic heterocycles. The van der Waals surface area contributed by atoms with E-state index in [9.17, 15) is 31.4 Å². The van der Waals surface area contributed by atoms with Crippen LogP contribution in [0.3, 0.4) is 0 Å². The Morgan fingerprint density at radius 1 is 1.00 bits per heavy atom. The van der Waals surface area contributed by atoms with Crippen LogP contribution in [0.15, 0.2) is 48.5 Å². The van der Waals surface area contributed by atoms with Gasteiger partial charge in [0.15, 0.2) is 6.29 Å². The molecule has 1 heterocycles. The monoisotopic (exact) mass is 435 g/mol. The van der Waals surface area contributed by atoms with Gasteiger partial charge in [-0.05, 0) is 29.3 Å². The van der Waals surface area contributed by atoms with Crippen LogP contribution in [0, 0.1) is 0 Å². The minimum Gasteiger partial charge on any atom is -0.393 e. The lowest BCUT2D eigenvalue weighted by atomic mass is 10.0. The van der Waals surface area contributed by atoms with Gasteiger partial charge in [0, 0.05) is 6.54 Å². The van der Waals surface area contributed by atoms with E-state index >= 15 is 0 Å². The zero-order valence-electron chi connectivity index (χ0n) is 15.5. The molecule has 0 bridgehead atoms. The maximum Gasteiger partial charge on any atom is 0.416 e. The van der Waals surface area contributed by atoms with Crippen LogP contribution in [0.4, 0.5) is 26.3 Å². The number of aliphatic hydroxyl groups excluding tert-OH is 1. The molecule has 1 saturated heterocycles. The number of hydrogen-bond donors (Lipinski definition) is 2. The van der Waals surface area contributed by atoms with Crippen molar-refractivity contribution in [2.24, 2.45) is 0 Å². The summed E-state index contributed by atoms with van der Waals surface area (Å²) in [5.41, 5.74) is -2.63. The van der Waals surface area contributed by atoms with Gasteiger partial charge < -0.3 is 19.9 Å². The molecule has 0 radical (unpaired) electrons. The lowest BCUT2D eigenvalue weighted by molar-refractivity contribution is -0.209. The van der Waals surface area contributed by atoms with Crippen LogP contribution in [-0.4, -0.2) is 31.2 Å². The van der Waals surface area contributed by atoms with Crippen LogP contribution in [0.1, 0.15) is 34.4 Å². The van der Waals surface area contributed by atoms with E-state index in [1.54, 1.807) is 30.3 Å². The second-order valence-electron chi connectivity index (χ2n) is 6.73. The van der Waals surface area contributed by atoms with Crippen molar-refractivity contribution in [3.05, 3.63) is 70.8 Å². The lowest BCUT2D eigenvalue weighted by Crippen LogP contribution is -2.44. The number of morpholine rings is 1. The summed E-state index contributed by atoms with van der Waals surface area (Å²) in [6, 6.07) is 9.51. The zero-order chi connectivity index (χ0) is 21.9. The minimum absolute atomic E-state index is 0.0311. The molecule has 0 unspecified atom stereocenters. The highest BCUT2D eigenvalue weighted by Gasteiger charge is 2.38. The molecule has 4 nitrogen and oxygen atoms in total. The normalized spacial score (nSPS) is 21.4. The first-order valence-corrected chi connectivity index (χ1v) is 9.05. The molecular weight excluding hydrogens is 416 g/mol. The molecule has 10 heteroatoms. The largest absolute Gasteiger partial charge is 0.416 e. The number of halogens is 6. The van der Waals surface area contributed by atoms with Crippen molar-refractivity contribution in [1.82, 2.24) is 5.32 Å². The van der Waals surface area contributed by atoms with Crippen LogP contribution < -0.4 is 5.32 Å². The van der Waals surface area contributed by atoms with Crippen LogP contribution in [0.2, 0.25) is 0 Å². The molecule has 164 valence electrons. The Bertz CT molecular complexity index is 808. The van der Waals surface area contributed by atoms with Gasteiger partial charge in [0.25, 0.3) is 0 Å². The molecule has 3 rings (SSSR count).